The lowest BCUT2D eigenvalue weighted by Crippen LogP contribution is -2.23. The first-order chi connectivity index (χ1) is 8.91. The minimum absolute atomic E-state index is 0.232. The van der Waals surface area contributed by atoms with Crippen LogP contribution in [-0.4, -0.2) is 32.0 Å². The molecule has 1 aromatic rings. The number of ether oxygens (including phenoxy) is 3. The van der Waals surface area contributed by atoms with Gasteiger partial charge in [0.1, 0.15) is 11.5 Å². The van der Waals surface area contributed by atoms with E-state index in [-0.39, 0.29) is 5.60 Å². The van der Waals surface area contributed by atoms with Gasteiger partial charge in [-0.05, 0) is 44.4 Å². The van der Waals surface area contributed by atoms with Crippen LogP contribution in [0.3, 0.4) is 0 Å². The van der Waals surface area contributed by atoms with Gasteiger partial charge in [-0.25, -0.2) is 0 Å². The maximum absolute atomic E-state index is 10.3. The molecule has 0 heterocycles. The molecule has 1 atom stereocenters. The Morgan fingerprint density at radius 2 is 1.58 bits per heavy atom. The van der Waals surface area contributed by atoms with Crippen LogP contribution in [0.1, 0.15) is 38.4 Å². The van der Waals surface area contributed by atoms with Gasteiger partial charge < -0.3 is 19.3 Å². The SMILES string of the molecule is COc1cc(OC)cc(C(O)CCC(C)(C)OC)c1. The van der Waals surface area contributed by atoms with Crippen molar-refractivity contribution in [1.82, 2.24) is 0 Å². The highest BCUT2D eigenvalue weighted by molar-refractivity contribution is 5.39. The standard InChI is InChI=1S/C15H24O4/c1-15(2,19-5)7-6-14(16)11-8-12(17-3)10-13(9-11)18-4/h8-10,14,16H,6-7H2,1-5H3. The monoisotopic (exact) mass is 268 g/mol. The Labute approximate surface area is 115 Å². The van der Waals surface area contributed by atoms with Crippen molar-refractivity contribution in [1.29, 1.82) is 0 Å². The molecule has 0 aromatic heterocycles. The quantitative estimate of drug-likeness (QED) is 0.826. The van der Waals surface area contributed by atoms with Gasteiger partial charge in [0.15, 0.2) is 0 Å². The molecule has 0 aliphatic heterocycles. The van der Waals surface area contributed by atoms with Crippen LogP contribution in [0.4, 0.5) is 0 Å². The Hall–Kier alpha value is -1.26. The van der Waals surface area contributed by atoms with Crippen LogP contribution >= 0.6 is 0 Å². The molecule has 0 bridgehead atoms. The molecular formula is C15H24O4. The topological polar surface area (TPSA) is 47.9 Å². The van der Waals surface area contributed by atoms with E-state index >= 15 is 0 Å². The third kappa shape index (κ3) is 4.73. The van der Waals surface area contributed by atoms with E-state index in [0.29, 0.717) is 17.9 Å². The zero-order valence-corrected chi connectivity index (χ0v) is 12.4. The van der Waals surface area contributed by atoms with Crippen molar-refractivity contribution >= 4 is 0 Å². The second-order valence-electron chi connectivity index (χ2n) is 5.16. The van der Waals surface area contributed by atoms with E-state index in [1.165, 1.54) is 0 Å². The van der Waals surface area contributed by atoms with Gasteiger partial charge in [0.05, 0.1) is 25.9 Å². The number of aliphatic hydroxyl groups is 1. The van der Waals surface area contributed by atoms with Gasteiger partial charge in [0.2, 0.25) is 0 Å². The van der Waals surface area contributed by atoms with Gasteiger partial charge in [0.25, 0.3) is 0 Å². The van der Waals surface area contributed by atoms with E-state index in [1.807, 2.05) is 26.0 Å². The fraction of sp³-hybridized carbons (Fsp3) is 0.600. The molecule has 0 amide bonds. The smallest absolute Gasteiger partial charge is 0.122 e. The first-order valence-corrected chi connectivity index (χ1v) is 6.38. The molecule has 0 aliphatic carbocycles. The molecule has 0 saturated heterocycles. The van der Waals surface area contributed by atoms with Crippen molar-refractivity contribution in [3.63, 3.8) is 0 Å². The lowest BCUT2D eigenvalue weighted by Gasteiger charge is -2.24. The third-order valence-corrected chi connectivity index (χ3v) is 3.33. The molecule has 1 N–H and O–H groups in total. The Balaban J connectivity index is 2.78. The average molecular weight is 268 g/mol. The number of benzene rings is 1. The van der Waals surface area contributed by atoms with E-state index in [9.17, 15) is 5.11 Å². The Morgan fingerprint density at radius 3 is 2.00 bits per heavy atom. The molecule has 4 nitrogen and oxygen atoms in total. The summed E-state index contributed by atoms with van der Waals surface area (Å²) in [6.07, 6.45) is 0.833. The van der Waals surface area contributed by atoms with Gasteiger partial charge in [-0.1, -0.05) is 0 Å². The summed E-state index contributed by atoms with van der Waals surface area (Å²) in [6.45, 7) is 4.01. The van der Waals surface area contributed by atoms with Crippen molar-refractivity contribution in [2.75, 3.05) is 21.3 Å². The van der Waals surface area contributed by atoms with Crippen LogP contribution in [0.2, 0.25) is 0 Å². The van der Waals surface area contributed by atoms with Gasteiger partial charge in [-0.2, -0.15) is 0 Å². The molecule has 1 rings (SSSR count). The van der Waals surface area contributed by atoms with E-state index in [4.69, 9.17) is 14.2 Å². The molecule has 0 aliphatic rings. The van der Waals surface area contributed by atoms with Crippen molar-refractivity contribution in [2.45, 2.75) is 38.4 Å². The van der Waals surface area contributed by atoms with Crippen LogP contribution in [0, 0.1) is 0 Å². The Bertz CT molecular complexity index is 379. The number of hydrogen-bond acceptors (Lipinski definition) is 4. The molecule has 1 aromatic carbocycles. The van der Waals surface area contributed by atoms with Gasteiger partial charge in [-0.15, -0.1) is 0 Å². The van der Waals surface area contributed by atoms with Crippen molar-refractivity contribution < 1.29 is 19.3 Å². The zero-order valence-electron chi connectivity index (χ0n) is 12.4. The first kappa shape index (κ1) is 15.8. The Morgan fingerprint density at radius 1 is 1.05 bits per heavy atom. The van der Waals surface area contributed by atoms with Crippen LogP contribution in [0.25, 0.3) is 0 Å². The fourth-order valence-electron chi connectivity index (χ4n) is 1.77. The highest BCUT2D eigenvalue weighted by Gasteiger charge is 2.19. The lowest BCUT2D eigenvalue weighted by atomic mass is 9.96. The third-order valence-electron chi connectivity index (χ3n) is 3.33. The summed E-state index contributed by atoms with van der Waals surface area (Å²) in [5.41, 5.74) is 0.562. The van der Waals surface area contributed by atoms with E-state index in [1.54, 1.807) is 27.4 Å². The summed E-state index contributed by atoms with van der Waals surface area (Å²) >= 11 is 0. The average Bonchev–Trinajstić information content (AvgIpc) is 2.44. The maximum atomic E-state index is 10.3. The summed E-state index contributed by atoms with van der Waals surface area (Å²) in [4.78, 5) is 0. The van der Waals surface area contributed by atoms with E-state index < -0.39 is 6.10 Å². The minimum atomic E-state index is -0.557. The summed E-state index contributed by atoms with van der Waals surface area (Å²) in [7, 11) is 4.87. The largest absolute Gasteiger partial charge is 0.497 e. The number of hydrogen-bond donors (Lipinski definition) is 1. The molecule has 19 heavy (non-hydrogen) atoms. The summed E-state index contributed by atoms with van der Waals surface area (Å²) in [5.74, 6) is 1.36. The molecule has 4 heteroatoms. The molecule has 0 radical (unpaired) electrons. The van der Waals surface area contributed by atoms with E-state index in [2.05, 4.69) is 0 Å². The van der Waals surface area contributed by atoms with Crippen molar-refractivity contribution in [3.05, 3.63) is 23.8 Å². The van der Waals surface area contributed by atoms with Gasteiger partial charge >= 0.3 is 0 Å². The minimum Gasteiger partial charge on any atom is -0.497 e. The number of aliphatic hydroxyl groups excluding tert-OH is 1. The summed E-state index contributed by atoms with van der Waals surface area (Å²) in [5, 5.41) is 10.3. The molecular weight excluding hydrogens is 244 g/mol. The Kier molecular flexibility index (Phi) is 5.63. The summed E-state index contributed by atoms with van der Waals surface area (Å²) in [6, 6.07) is 5.44. The molecule has 108 valence electrons. The molecule has 0 saturated carbocycles. The fourth-order valence-corrected chi connectivity index (χ4v) is 1.77. The predicted octanol–water partition coefficient (Wildman–Crippen LogP) is 2.94. The van der Waals surface area contributed by atoms with Crippen LogP contribution in [0.5, 0.6) is 11.5 Å². The number of rotatable bonds is 7. The van der Waals surface area contributed by atoms with Crippen LogP contribution in [0.15, 0.2) is 18.2 Å². The normalized spacial score (nSPS) is 13.2. The van der Waals surface area contributed by atoms with Gasteiger partial charge in [0, 0.05) is 13.2 Å². The highest BCUT2D eigenvalue weighted by atomic mass is 16.5. The van der Waals surface area contributed by atoms with E-state index in [0.717, 1.165) is 12.0 Å². The highest BCUT2D eigenvalue weighted by Crippen LogP contribution is 2.30. The van der Waals surface area contributed by atoms with Gasteiger partial charge in [-0.3, -0.25) is 0 Å². The predicted molar refractivity (Wildman–Crippen MR) is 74.8 cm³/mol. The van der Waals surface area contributed by atoms with Crippen LogP contribution in [-0.2, 0) is 4.74 Å². The van der Waals surface area contributed by atoms with Crippen LogP contribution < -0.4 is 9.47 Å². The molecule has 0 spiro atoms. The molecule has 1 unspecified atom stereocenters. The number of methoxy groups -OCH3 is 3. The van der Waals surface area contributed by atoms with Crippen molar-refractivity contribution in [2.24, 2.45) is 0 Å². The zero-order chi connectivity index (χ0) is 14.5. The first-order valence-electron chi connectivity index (χ1n) is 6.38. The molecule has 0 fully saturated rings. The second kappa shape index (κ2) is 6.78. The van der Waals surface area contributed by atoms with Crippen molar-refractivity contribution in [3.8, 4) is 11.5 Å². The second-order valence-corrected chi connectivity index (χ2v) is 5.16. The summed E-state index contributed by atoms with van der Waals surface area (Å²) < 4.78 is 15.7. The maximum Gasteiger partial charge on any atom is 0.122 e. The lowest BCUT2D eigenvalue weighted by molar-refractivity contribution is 0.00276.